The van der Waals surface area contributed by atoms with Crippen LogP contribution in [0.3, 0.4) is 0 Å². The van der Waals surface area contributed by atoms with E-state index in [1.54, 1.807) is 0 Å². The number of aromatic nitrogens is 1. The van der Waals surface area contributed by atoms with Crippen LogP contribution in [0.4, 0.5) is 0 Å². The third-order valence-electron chi connectivity index (χ3n) is 3.05. The van der Waals surface area contributed by atoms with Crippen LogP contribution in [0.1, 0.15) is 37.4 Å². The molecule has 2 rings (SSSR count). The van der Waals surface area contributed by atoms with Crippen molar-refractivity contribution in [1.82, 2.24) is 4.98 Å². The Balaban J connectivity index is 2.01. The first-order valence-corrected chi connectivity index (χ1v) is 5.91. The van der Waals surface area contributed by atoms with Crippen LogP contribution in [0.25, 0.3) is 0 Å². The highest BCUT2D eigenvalue weighted by molar-refractivity contribution is 5.81. The van der Waals surface area contributed by atoms with E-state index in [4.69, 9.17) is 0 Å². The Hall–Kier alpha value is -1.44. The monoisotopic (exact) mass is 215 g/mol. The number of ketones is 1. The van der Waals surface area contributed by atoms with Gasteiger partial charge < -0.3 is 0 Å². The summed E-state index contributed by atoms with van der Waals surface area (Å²) in [5, 5.41) is 0. The van der Waals surface area contributed by atoms with Gasteiger partial charge in [0, 0.05) is 31.2 Å². The van der Waals surface area contributed by atoms with Gasteiger partial charge in [0.2, 0.25) is 0 Å². The van der Waals surface area contributed by atoms with Crippen molar-refractivity contribution in [2.45, 2.75) is 39.0 Å². The topological polar surface area (TPSA) is 30.0 Å². The number of aryl methyl sites for hydroxylation is 1. The number of carbonyl (C=O) groups is 1. The molecule has 0 amide bonds. The molecule has 0 aromatic carbocycles. The number of allylic oxidation sites excluding steroid dienone is 2. The van der Waals surface area contributed by atoms with Gasteiger partial charge in [-0.3, -0.25) is 9.78 Å². The van der Waals surface area contributed by atoms with Crippen molar-refractivity contribution < 1.29 is 4.79 Å². The Bertz CT molecular complexity index is 403. The maximum Gasteiger partial charge on any atom is 0.136 e. The molecule has 2 heteroatoms. The fraction of sp³-hybridized carbons (Fsp3) is 0.429. The smallest absolute Gasteiger partial charge is 0.136 e. The van der Waals surface area contributed by atoms with Crippen molar-refractivity contribution in [3.05, 3.63) is 41.2 Å². The molecule has 1 aromatic rings. The van der Waals surface area contributed by atoms with Crippen LogP contribution in [-0.2, 0) is 17.6 Å². The first-order chi connectivity index (χ1) is 7.78. The largest absolute Gasteiger partial charge is 0.299 e. The lowest BCUT2D eigenvalue weighted by atomic mass is 9.95. The van der Waals surface area contributed by atoms with Gasteiger partial charge in [0.1, 0.15) is 5.78 Å². The van der Waals surface area contributed by atoms with Crippen LogP contribution < -0.4 is 0 Å². The lowest BCUT2D eigenvalue weighted by Crippen LogP contribution is -2.05. The molecule has 1 heterocycles. The van der Waals surface area contributed by atoms with Crippen LogP contribution in [0.5, 0.6) is 0 Å². The van der Waals surface area contributed by atoms with Crippen LogP contribution in [0.2, 0.25) is 0 Å². The molecular weight excluding hydrogens is 198 g/mol. The van der Waals surface area contributed by atoms with Crippen LogP contribution in [0.15, 0.2) is 30.0 Å². The molecule has 0 unspecified atom stereocenters. The molecule has 0 spiro atoms. The molecule has 1 aromatic heterocycles. The predicted molar refractivity (Wildman–Crippen MR) is 64.3 cm³/mol. The maximum atomic E-state index is 11.1. The minimum absolute atomic E-state index is 0.359. The number of hydrogen-bond donors (Lipinski definition) is 0. The molecule has 0 saturated carbocycles. The summed E-state index contributed by atoms with van der Waals surface area (Å²) in [5.41, 5.74) is 3.74. The summed E-state index contributed by atoms with van der Waals surface area (Å²) >= 11 is 0. The number of Topliss-reactive ketones (excluding diaryl/α,β-unsaturated/α-hetero) is 1. The molecule has 1 aliphatic carbocycles. The fourth-order valence-corrected chi connectivity index (χ4v) is 1.92. The first kappa shape index (κ1) is 11.1. The van der Waals surface area contributed by atoms with Gasteiger partial charge in [-0.05, 0) is 24.5 Å². The van der Waals surface area contributed by atoms with Crippen molar-refractivity contribution in [3.63, 3.8) is 0 Å². The lowest BCUT2D eigenvalue weighted by molar-refractivity contribution is -0.118. The SMILES string of the molecule is CCc1ccc(CC2=CCC(=O)CC2)nc1. The van der Waals surface area contributed by atoms with Gasteiger partial charge in [0.15, 0.2) is 0 Å². The van der Waals surface area contributed by atoms with Crippen molar-refractivity contribution in [1.29, 1.82) is 0 Å². The molecule has 0 fully saturated rings. The molecule has 0 aliphatic heterocycles. The Morgan fingerprint density at radius 3 is 2.75 bits per heavy atom. The van der Waals surface area contributed by atoms with Gasteiger partial charge in [-0.1, -0.05) is 24.6 Å². The molecule has 0 N–H and O–H groups in total. The second kappa shape index (κ2) is 5.06. The van der Waals surface area contributed by atoms with Crippen molar-refractivity contribution >= 4 is 5.78 Å². The van der Waals surface area contributed by atoms with Gasteiger partial charge in [0.25, 0.3) is 0 Å². The third kappa shape index (κ3) is 2.78. The number of rotatable bonds is 3. The normalized spacial score (nSPS) is 16.1. The van der Waals surface area contributed by atoms with E-state index in [0.29, 0.717) is 18.6 Å². The summed E-state index contributed by atoms with van der Waals surface area (Å²) in [4.78, 5) is 15.5. The van der Waals surface area contributed by atoms with Crippen LogP contribution in [-0.4, -0.2) is 10.8 Å². The highest BCUT2D eigenvalue weighted by Gasteiger charge is 2.10. The first-order valence-electron chi connectivity index (χ1n) is 5.91. The molecular formula is C14H17NO. The molecule has 0 radical (unpaired) electrons. The summed E-state index contributed by atoms with van der Waals surface area (Å²) in [7, 11) is 0. The molecule has 16 heavy (non-hydrogen) atoms. The van der Waals surface area contributed by atoms with E-state index in [9.17, 15) is 4.79 Å². The van der Waals surface area contributed by atoms with Gasteiger partial charge in [-0.15, -0.1) is 0 Å². The van der Waals surface area contributed by atoms with E-state index in [-0.39, 0.29) is 0 Å². The maximum absolute atomic E-state index is 11.1. The highest BCUT2D eigenvalue weighted by Crippen LogP contribution is 2.18. The van der Waals surface area contributed by atoms with E-state index in [2.05, 4.69) is 30.1 Å². The lowest BCUT2D eigenvalue weighted by Gasteiger charge is -2.11. The van der Waals surface area contributed by atoms with E-state index >= 15 is 0 Å². The Kier molecular flexibility index (Phi) is 3.50. The second-order valence-corrected chi connectivity index (χ2v) is 4.29. The van der Waals surface area contributed by atoms with Crippen LogP contribution >= 0.6 is 0 Å². The summed E-state index contributed by atoms with van der Waals surface area (Å²) in [6.45, 7) is 2.13. The van der Waals surface area contributed by atoms with Crippen molar-refractivity contribution in [2.75, 3.05) is 0 Å². The summed E-state index contributed by atoms with van der Waals surface area (Å²) in [5.74, 6) is 0.359. The van der Waals surface area contributed by atoms with Crippen LogP contribution in [0, 0.1) is 0 Å². The molecule has 0 atom stereocenters. The minimum Gasteiger partial charge on any atom is -0.299 e. The zero-order valence-corrected chi connectivity index (χ0v) is 9.70. The van der Waals surface area contributed by atoms with E-state index < -0.39 is 0 Å². The Labute approximate surface area is 96.4 Å². The number of hydrogen-bond acceptors (Lipinski definition) is 2. The standard InChI is InChI=1S/C14H17NO/c1-2-11-3-6-13(15-10-11)9-12-4-7-14(16)8-5-12/h3-4,6,10H,2,5,7-9H2,1H3. The minimum atomic E-state index is 0.359. The summed E-state index contributed by atoms with van der Waals surface area (Å²) in [6, 6.07) is 4.23. The second-order valence-electron chi connectivity index (χ2n) is 4.29. The van der Waals surface area contributed by atoms with Gasteiger partial charge in [0.05, 0.1) is 0 Å². The van der Waals surface area contributed by atoms with Crippen molar-refractivity contribution in [3.8, 4) is 0 Å². The Morgan fingerprint density at radius 1 is 1.31 bits per heavy atom. The van der Waals surface area contributed by atoms with Crippen molar-refractivity contribution in [2.24, 2.45) is 0 Å². The molecule has 0 bridgehead atoms. The molecule has 0 saturated heterocycles. The van der Waals surface area contributed by atoms with Gasteiger partial charge in [-0.2, -0.15) is 0 Å². The van der Waals surface area contributed by atoms with E-state index in [0.717, 1.165) is 25.0 Å². The average molecular weight is 215 g/mol. The quantitative estimate of drug-likeness (QED) is 0.726. The molecule has 84 valence electrons. The number of pyridine rings is 1. The fourth-order valence-electron chi connectivity index (χ4n) is 1.92. The Morgan fingerprint density at radius 2 is 2.19 bits per heavy atom. The molecule has 1 aliphatic rings. The summed E-state index contributed by atoms with van der Waals surface area (Å²) < 4.78 is 0. The van der Waals surface area contributed by atoms with Gasteiger partial charge in [-0.25, -0.2) is 0 Å². The summed E-state index contributed by atoms with van der Waals surface area (Å²) in [6.07, 6.45) is 8.18. The highest BCUT2D eigenvalue weighted by atomic mass is 16.1. The number of nitrogens with zero attached hydrogens (tertiary/aromatic N) is 1. The molecule has 2 nitrogen and oxygen atoms in total. The van der Waals surface area contributed by atoms with Gasteiger partial charge >= 0.3 is 0 Å². The average Bonchev–Trinajstić information content (AvgIpc) is 2.33. The van der Waals surface area contributed by atoms with E-state index in [1.807, 2.05) is 6.20 Å². The van der Waals surface area contributed by atoms with E-state index in [1.165, 1.54) is 11.1 Å². The predicted octanol–water partition coefficient (Wildman–Crippen LogP) is 2.87. The zero-order chi connectivity index (χ0) is 11.4. The third-order valence-corrected chi connectivity index (χ3v) is 3.05. The zero-order valence-electron chi connectivity index (χ0n) is 9.70. The number of carbonyl (C=O) groups excluding carboxylic acids is 1.